The molecule has 0 unspecified atom stereocenters. The van der Waals surface area contributed by atoms with Crippen LogP contribution in [0.1, 0.15) is 29.6 Å². The van der Waals surface area contributed by atoms with Crippen molar-refractivity contribution in [1.82, 2.24) is 5.32 Å². The van der Waals surface area contributed by atoms with E-state index in [2.05, 4.69) is 10.6 Å². The van der Waals surface area contributed by atoms with E-state index >= 15 is 0 Å². The number of carbonyl (C=O) groups is 2. The molecular formula is C13H15ClN2O3. The molecule has 0 heterocycles. The lowest BCUT2D eigenvalue weighted by molar-refractivity contribution is 0.0697. The molecule has 0 spiro atoms. The van der Waals surface area contributed by atoms with Gasteiger partial charge in [-0.15, -0.1) is 0 Å². The highest BCUT2D eigenvalue weighted by atomic mass is 35.5. The normalized spacial score (nSPS) is 13.9. The minimum atomic E-state index is -1.12. The minimum Gasteiger partial charge on any atom is -0.478 e. The number of benzene rings is 1. The maximum atomic E-state index is 11.6. The summed E-state index contributed by atoms with van der Waals surface area (Å²) in [6.45, 7) is 0.635. The largest absolute Gasteiger partial charge is 0.478 e. The van der Waals surface area contributed by atoms with E-state index in [1.54, 1.807) is 6.07 Å². The smallest absolute Gasteiger partial charge is 0.337 e. The van der Waals surface area contributed by atoms with Crippen molar-refractivity contribution in [2.45, 2.75) is 19.3 Å². The van der Waals surface area contributed by atoms with Gasteiger partial charge < -0.3 is 15.7 Å². The molecule has 2 amide bonds. The molecule has 1 aromatic carbocycles. The summed E-state index contributed by atoms with van der Waals surface area (Å²) in [5.74, 6) is -0.364. The lowest BCUT2D eigenvalue weighted by atomic mass is 10.2. The Morgan fingerprint density at radius 2 is 2.11 bits per heavy atom. The second kappa shape index (κ2) is 5.93. The molecular weight excluding hydrogens is 268 g/mol. The lowest BCUT2D eigenvalue weighted by Gasteiger charge is -2.08. The third-order valence-electron chi connectivity index (χ3n) is 2.99. The summed E-state index contributed by atoms with van der Waals surface area (Å²) < 4.78 is 0. The van der Waals surface area contributed by atoms with E-state index < -0.39 is 5.97 Å². The zero-order valence-electron chi connectivity index (χ0n) is 10.3. The van der Waals surface area contributed by atoms with Crippen molar-refractivity contribution in [3.05, 3.63) is 28.8 Å². The van der Waals surface area contributed by atoms with Crippen LogP contribution in [0.4, 0.5) is 10.5 Å². The van der Waals surface area contributed by atoms with Crippen LogP contribution in [0.3, 0.4) is 0 Å². The fourth-order valence-corrected chi connectivity index (χ4v) is 1.94. The Balaban J connectivity index is 1.88. The highest BCUT2D eigenvalue weighted by Gasteiger charge is 2.20. The first-order chi connectivity index (χ1) is 9.06. The summed E-state index contributed by atoms with van der Waals surface area (Å²) >= 11 is 5.74. The van der Waals surface area contributed by atoms with Gasteiger partial charge in [-0.25, -0.2) is 9.59 Å². The summed E-state index contributed by atoms with van der Waals surface area (Å²) in [5, 5.41) is 14.4. The fourth-order valence-electron chi connectivity index (χ4n) is 1.74. The second-order valence-corrected chi connectivity index (χ2v) is 5.02. The average molecular weight is 283 g/mol. The zero-order chi connectivity index (χ0) is 13.8. The van der Waals surface area contributed by atoms with E-state index in [1.807, 2.05) is 0 Å². The summed E-state index contributed by atoms with van der Waals surface area (Å²) in [6.07, 6.45) is 3.50. The number of carboxylic acid groups (broad SMARTS) is 1. The van der Waals surface area contributed by atoms with Crippen LogP contribution < -0.4 is 10.6 Å². The molecule has 0 radical (unpaired) electrons. The van der Waals surface area contributed by atoms with Gasteiger partial charge in [0.05, 0.1) is 10.6 Å². The molecule has 0 saturated heterocycles. The monoisotopic (exact) mass is 282 g/mol. The highest BCUT2D eigenvalue weighted by molar-refractivity contribution is 6.33. The Hall–Kier alpha value is -1.75. The van der Waals surface area contributed by atoms with E-state index in [-0.39, 0.29) is 16.6 Å². The molecule has 0 aliphatic heterocycles. The third kappa shape index (κ3) is 4.13. The molecule has 1 aromatic rings. The minimum absolute atomic E-state index is 0.0301. The van der Waals surface area contributed by atoms with Crippen LogP contribution in [-0.4, -0.2) is 23.7 Å². The number of hydrogen-bond acceptors (Lipinski definition) is 2. The molecule has 3 N–H and O–H groups in total. The number of nitrogens with one attached hydrogen (secondary N) is 2. The van der Waals surface area contributed by atoms with Crippen molar-refractivity contribution in [1.29, 1.82) is 0 Å². The number of hydrogen-bond donors (Lipinski definition) is 3. The summed E-state index contributed by atoms with van der Waals surface area (Å²) in [6, 6.07) is 4.02. The predicted octanol–water partition coefficient (Wildman–Crippen LogP) is 2.96. The number of amides is 2. The molecule has 102 valence electrons. The van der Waals surface area contributed by atoms with Gasteiger partial charge in [-0.1, -0.05) is 24.4 Å². The third-order valence-corrected chi connectivity index (χ3v) is 3.32. The van der Waals surface area contributed by atoms with Crippen LogP contribution in [0.25, 0.3) is 0 Å². The Morgan fingerprint density at radius 1 is 1.37 bits per heavy atom. The molecule has 0 aromatic heterocycles. The lowest BCUT2D eigenvalue weighted by Crippen LogP contribution is -2.29. The van der Waals surface area contributed by atoms with Crippen LogP contribution in [0.15, 0.2) is 18.2 Å². The Bertz CT molecular complexity index is 501. The molecule has 2 rings (SSSR count). The van der Waals surface area contributed by atoms with Gasteiger partial charge in [0.15, 0.2) is 0 Å². The molecule has 1 fully saturated rings. The van der Waals surface area contributed by atoms with Crippen LogP contribution >= 0.6 is 11.6 Å². The molecule has 5 nitrogen and oxygen atoms in total. The first-order valence-corrected chi connectivity index (χ1v) is 6.52. The first kappa shape index (κ1) is 13.7. The van der Waals surface area contributed by atoms with Gasteiger partial charge >= 0.3 is 12.0 Å². The second-order valence-electron chi connectivity index (χ2n) is 4.61. The SMILES string of the molecule is O=C(NCCC1CC1)Nc1ccc(Cl)c(C(=O)O)c1. The van der Waals surface area contributed by atoms with Crippen molar-refractivity contribution in [2.24, 2.45) is 5.92 Å². The number of anilines is 1. The molecule has 6 heteroatoms. The molecule has 0 atom stereocenters. The molecule has 1 aliphatic carbocycles. The van der Waals surface area contributed by atoms with Crippen LogP contribution in [0.5, 0.6) is 0 Å². The van der Waals surface area contributed by atoms with Crippen molar-refractivity contribution in [3.63, 3.8) is 0 Å². The first-order valence-electron chi connectivity index (χ1n) is 6.14. The number of aromatic carboxylic acids is 1. The van der Waals surface area contributed by atoms with E-state index in [1.165, 1.54) is 25.0 Å². The highest BCUT2D eigenvalue weighted by Crippen LogP contribution is 2.31. The van der Waals surface area contributed by atoms with Gasteiger partial charge in [-0.2, -0.15) is 0 Å². The summed E-state index contributed by atoms with van der Waals surface area (Å²) in [5.41, 5.74) is 0.378. The van der Waals surface area contributed by atoms with Crippen molar-refractivity contribution < 1.29 is 14.7 Å². The van der Waals surface area contributed by atoms with Crippen molar-refractivity contribution in [3.8, 4) is 0 Å². The molecule has 0 bridgehead atoms. The van der Waals surface area contributed by atoms with Gasteiger partial charge in [-0.05, 0) is 30.5 Å². The number of carbonyl (C=O) groups excluding carboxylic acids is 1. The van der Waals surface area contributed by atoms with Crippen LogP contribution in [0.2, 0.25) is 5.02 Å². The average Bonchev–Trinajstić information content (AvgIpc) is 3.15. The number of halogens is 1. The Kier molecular flexibility index (Phi) is 4.27. The predicted molar refractivity (Wildman–Crippen MR) is 72.8 cm³/mol. The maximum absolute atomic E-state index is 11.6. The number of rotatable bonds is 5. The van der Waals surface area contributed by atoms with Crippen molar-refractivity contribution >= 4 is 29.3 Å². The zero-order valence-corrected chi connectivity index (χ0v) is 11.0. The quantitative estimate of drug-likeness (QED) is 0.777. The maximum Gasteiger partial charge on any atom is 0.337 e. The van der Waals surface area contributed by atoms with Gasteiger partial charge in [-0.3, -0.25) is 0 Å². The van der Waals surface area contributed by atoms with E-state index in [0.29, 0.717) is 12.2 Å². The van der Waals surface area contributed by atoms with E-state index in [9.17, 15) is 9.59 Å². The van der Waals surface area contributed by atoms with Crippen LogP contribution in [-0.2, 0) is 0 Å². The van der Waals surface area contributed by atoms with Crippen molar-refractivity contribution in [2.75, 3.05) is 11.9 Å². The molecule has 19 heavy (non-hydrogen) atoms. The fraction of sp³-hybridized carbons (Fsp3) is 0.385. The van der Waals surface area contributed by atoms with Crippen LogP contribution in [0, 0.1) is 5.92 Å². The van der Waals surface area contributed by atoms with E-state index in [4.69, 9.17) is 16.7 Å². The van der Waals surface area contributed by atoms with Gasteiger partial charge in [0.25, 0.3) is 0 Å². The Morgan fingerprint density at radius 3 is 2.74 bits per heavy atom. The number of urea groups is 1. The standard InChI is InChI=1S/C13H15ClN2O3/c14-11-4-3-9(7-10(11)12(17)18)16-13(19)15-6-5-8-1-2-8/h3-4,7-8H,1-2,5-6H2,(H,17,18)(H2,15,16,19). The molecule has 1 aliphatic rings. The van der Waals surface area contributed by atoms with E-state index in [0.717, 1.165) is 12.3 Å². The topological polar surface area (TPSA) is 78.4 Å². The van der Waals surface area contributed by atoms with Gasteiger partial charge in [0, 0.05) is 12.2 Å². The number of carboxylic acids is 1. The van der Waals surface area contributed by atoms with Gasteiger partial charge in [0.1, 0.15) is 0 Å². The summed E-state index contributed by atoms with van der Waals surface area (Å²) in [7, 11) is 0. The summed E-state index contributed by atoms with van der Waals surface area (Å²) in [4.78, 5) is 22.5. The Labute approximate surface area is 116 Å². The van der Waals surface area contributed by atoms with Gasteiger partial charge in [0.2, 0.25) is 0 Å². The molecule has 1 saturated carbocycles.